The summed E-state index contributed by atoms with van der Waals surface area (Å²) in [4.78, 5) is 14.6. The van der Waals surface area contributed by atoms with Gasteiger partial charge in [-0.2, -0.15) is 4.31 Å². The van der Waals surface area contributed by atoms with E-state index >= 15 is 0 Å². The van der Waals surface area contributed by atoms with Gasteiger partial charge in [-0.3, -0.25) is 4.79 Å². The first-order chi connectivity index (χ1) is 13.8. The summed E-state index contributed by atoms with van der Waals surface area (Å²) >= 11 is 4.48. The van der Waals surface area contributed by atoms with Crippen LogP contribution in [0.25, 0.3) is 11.0 Å². The van der Waals surface area contributed by atoms with Gasteiger partial charge in [0.05, 0.1) is 10.9 Å². The Balaban J connectivity index is 1.51. The number of hydrogen-bond acceptors (Lipinski definition) is 6. The van der Waals surface area contributed by atoms with E-state index in [1.54, 1.807) is 36.3 Å². The summed E-state index contributed by atoms with van der Waals surface area (Å²) in [5.74, 6) is 0.750. The number of rotatable bonds is 4. The first-order valence-electron chi connectivity index (χ1n) is 8.93. The van der Waals surface area contributed by atoms with Crippen molar-refractivity contribution in [3.8, 4) is 5.75 Å². The summed E-state index contributed by atoms with van der Waals surface area (Å²) in [6, 6.07) is 8.71. The van der Waals surface area contributed by atoms with Crippen molar-refractivity contribution in [3.05, 3.63) is 45.4 Å². The van der Waals surface area contributed by atoms with Gasteiger partial charge in [0.1, 0.15) is 15.5 Å². The number of hydrogen-bond donors (Lipinski definition) is 0. The fraction of sp³-hybridized carbons (Fsp3) is 0.316. The van der Waals surface area contributed by atoms with Gasteiger partial charge in [-0.05, 0) is 53.2 Å². The molecule has 10 heteroatoms. The number of piperazine rings is 1. The van der Waals surface area contributed by atoms with Gasteiger partial charge < -0.3 is 14.1 Å². The summed E-state index contributed by atoms with van der Waals surface area (Å²) < 4.78 is 39.0. The number of nitrogens with zero attached hydrogens (tertiary/aromatic N) is 2. The van der Waals surface area contributed by atoms with Crippen LogP contribution >= 0.6 is 27.3 Å². The van der Waals surface area contributed by atoms with E-state index in [4.69, 9.17) is 9.15 Å². The van der Waals surface area contributed by atoms with Crippen LogP contribution in [0.1, 0.15) is 16.1 Å². The van der Waals surface area contributed by atoms with Crippen LogP contribution in [-0.4, -0.2) is 56.8 Å². The van der Waals surface area contributed by atoms with Gasteiger partial charge in [0.2, 0.25) is 0 Å². The number of sulfonamides is 1. The molecule has 1 aliphatic heterocycles. The second-order valence-electron chi connectivity index (χ2n) is 6.67. The molecule has 0 N–H and O–H groups in total. The zero-order valence-electron chi connectivity index (χ0n) is 15.8. The highest BCUT2D eigenvalue weighted by molar-refractivity contribution is 9.11. The van der Waals surface area contributed by atoms with Crippen molar-refractivity contribution in [2.45, 2.75) is 11.1 Å². The van der Waals surface area contributed by atoms with Crippen molar-refractivity contribution in [3.63, 3.8) is 0 Å². The quantitative estimate of drug-likeness (QED) is 0.547. The number of ether oxygens (including phenoxy) is 1. The van der Waals surface area contributed by atoms with Crippen LogP contribution in [0.15, 0.2) is 42.7 Å². The first-order valence-corrected chi connectivity index (χ1v) is 12.0. The lowest BCUT2D eigenvalue weighted by Gasteiger charge is -2.33. The number of amides is 1. The number of methoxy groups -OCH3 is 1. The normalized spacial score (nSPS) is 15.8. The molecule has 4 rings (SSSR count). The Hall–Kier alpha value is -1.88. The number of carbonyl (C=O) groups excluding carboxylic acids is 1. The fourth-order valence-electron chi connectivity index (χ4n) is 3.37. The van der Waals surface area contributed by atoms with Gasteiger partial charge in [0, 0.05) is 37.1 Å². The summed E-state index contributed by atoms with van der Waals surface area (Å²) in [6.45, 7) is 2.95. The molecule has 1 aromatic carbocycles. The molecule has 0 spiro atoms. The average Bonchev–Trinajstić information content (AvgIpc) is 3.31. The number of carbonyl (C=O) groups is 1. The molecule has 1 amide bonds. The zero-order valence-corrected chi connectivity index (χ0v) is 19.1. The molecule has 1 saturated heterocycles. The Morgan fingerprint density at radius 3 is 2.52 bits per heavy atom. The smallest absolute Gasteiger partial charge is 0.289 e. The maximum absolute atomic E-state index is 13.0. The molecule has 3 heterocycles. The Morgan fingerprint density at radius 1 is 1.17 bits per heavy atom. The topological polar surface area (TPSA) is 80.1 Å². The molecule has 1 aliphatic rings. The maximum atomic E-state index is 13.0. The van der Waals surface area contributed by atoms with E-state index in [1.807, 2.05) is 13.0 Å². The van der Waals surface area contributed by atoms with Crippen LogP contribution in [0.2, 0.25) is 0 Å². The highest BCUT2D eigenvalue weighted by Crippen LogP contribution is 2.31. The van der Waals surface area contributed by atoms with Crippen LogP contribution < -0.4 is 4.74 Å². The van der Waals surface area contributed by atoms with E-state index in [0.29, 0.717) is 28.6 Å². The largest absolute Gasteiger partial charge is 0.497 e. The molecule has 7 nitrogen and oxygen atoms in total. The van der Waals surface area contributed by atoms with Crippen molar-refractivity contribution in [1.29, 1.82) is 0 Å². The molecule has 29 heavy (non-hydrogen) atoms. The lowest BCUT2D eigenvalue weighted by molar-refractivity contribution is 0.0667. The summed E-state index contributed by atoms with van der Waals surface area (Å²) in [7, 11) is -1.96. The van der Waals surface area contributed by atoms with Gasteiger partial charge in [0.15, 0.2) is 5.76 Å². The van der Waals surface area contributed by atoms with Gasteiger partial charge >= 0.3 is 0 Å². The van der Waals surface area contributed by atoms with E-state index < -0.39 is 10.0 Å². The minimum absolute atomic E-state index is 0.228. The first kappa shape index (κ1) is 20.4. The van der Waals surface area contributed by atoms with Crippen LogP contribution in [0, 0.1) is 6.92 Å². The van der Waals surface area contributed by atoms with Crippen molar-refractivity contribution in [2.75, 3.05) is 33.3 Å². The molecule has 3 aromatic rings. The molecule has 154 valence electrons. The predicted octanol–water partition coefficient (Wildman–Crippen LogP) is 3.72. The van der Waals surface area contributed by atoms with E-state index in [-0.39, 0.29) is 24.8 Å². The van der Waals surface area contributed by atoms with Crippen molar-refractivity contribution in [2.24, 2.45) is 0 Å². The number of furan rings is 1. The fourth-order valence-corrected chi connectivity index (χ4v) is 6.96. The van der Waals surface area contributed by atoms with Crippen LogP contribution in [0.5, 0.6) is 5.75 Å². The number of aryl methyl sites for hydroxylation is 1. The third-order valence-electron chi connectivity index (χ3n) is 5.01. The van der Waals surface area contributed by atoms with Crippen LogP contribution in [0.3, 0.4) is 0 Å². The molecule has 0 saturated carbocycles. The highest BCUT2D eigenvalue weighted by Gasteiger charge is 2.33. The predicted molar refractivity (Wildman–Crippen MR) is 114 cm³/mol. The average molecular weight is 499 g/mol. The molecule has 0 atom stereocenters. The van der Waals surface area contributed by atoms with Crippen molar-refractivity contribution < 1.29 is 22.4 Å². The summed E-state index contributed by atoms with van der Waals surface area (Å²) in [5.41, 5.74) is 1.37. The van der Waals surface area contributed by atoms with Gasteiger partial charge in [0.25, 0.3) is 15.9 Å². The minimum Gasteiger partial charge on any atom is -0.497 e. The third-order valence-corrected chi connectivity index (χ3v) is 9.00. The van der Waals surface area contributed by atoms with Crippen molar-refractivity contribution >= 4 is 54.2 Å². The lowest BCUT2D eigenvalue weighted by Crippen LogP contribution is -2.50. The van der Waals surface area contributed by atoms with Crippen LogP contribution in [-0.2, 0) is 10.0 Å². The van der Waals surface area contributed by atoms with E-state index in [2.05, 4.69) is 15.9 Å². The van der Waals surface area contributed by atoms with Crippen molar-refractivity contribution in [1.82, 2.24) is 9.21 Å². The molecule has 0 aliphatic carbocycles. The summed E-state index contributed by atoms with van der Waals surface area (Å²) in [5, 5.41) is 0.831. The second kappa shape index (κ2) is 7.75. The van der Waals surface area contributed by atoms with Gasteiger partial charge in [-0.25, -0.2) is 8.42 Å². The molecule has 0 bridgehead atoms. The van der Waals surface area contributed by atoms with E-state index in [1.165, 1.54) is 15.6 Å². The molecular formula is C19H19BrN2O5S2. The van der Waals surface area contributed by atoms with E-state index in [9.17, 15) is 13.2 Å². The zero-order chi connectivity index (χ0) is 20.8. The number of benzene rings is 1. The Bertz CT molecular complexity index is 1180. The molecule has 0 radical (unpaired) electrons. The summed E-state index contributed by atoms with van der Waals surface area (Å²) in [6.07, 6.45) is 0. The Kier molecular flexibility index (Phi) is 5.45. The number of fused-ring (bicyclic) bond motifs is 1. The number of halogens is 1. The molecule has 0 unspecified atom stereocenters. The molecular weight excluding hydrogens is 480 g/mol. The second-order valence-corrected chi connectivity index (χ2v) is 11.3. The standard InChI is InChI=1S/C19H19BrN2O5S2/c1-12-14-11-13(26-2)3-4-15(14)27-18(12)19(23)21-7-9-22(10-8-21)29(24,25)17-6-5-16(20)28-17/h3-6,11H,7-10H2,1-2H3. The monoisotopic (exact) mass is 498 g/mol. The van der Waals surface area contributed by atoms with Gasteiger partial charge in [-0.15, -0.1) is 11.3 Å². The Labute approximate surface area is 181 Å². The molecule has 1 fully saturated rings. The Morgan fingerprint density at radius 2 is 1.90 bits per heavy atom. The van der Waals surface area contributed by atoms with E-state index in [0.717, 1.165) is 14.7 Å². The van der Waals surface area contributed by atoms with Crippen LogP contribution in [0.4, 0.5) is 0 Å². The molecule has 2 aromatic heterocycles. The minimum atomic E-state index is -3.54. The SMILES string of the molecule is COc1ccc2oc(C(=O)N3CCN(S(=O)(=O)c4ccc(Br)s4)CC3)c(C)c2c1. The lowest BCUT2D eigenvalue weighted by atomic mass is 10.1. The number of thiophene rings is 1. The highest BCUT2D eigenvalue weighted by atomic mass is 79.9. The maximum Gasteiger partial charge on any atom is 0.289 e. The van der Waals surface area contributed by atoms with Gasteiger partial charge in [-0.1, -0.05) is 0 Å². The third kappa shape index (κ3) is 3.70.